The summed E-state index contributed by atoms with van der Waals surface area (Å²) in [5, 5.41) is 13.2. The minimum absolute atomic E-state index is 0.456. The topological polar surface area (TPSA) is 33.1 Å². The number of para-hydroxylation sites is 2. The van der Waals surface area contributed by atoms with E-state index in [1.165, 1.54) is 0 Å². The lowest BCUT2D eigenvalue weighted by atomic mass is 9.82. The van der Waals surface area contributed by atoms with Crippen LogP contribution in [0.3, 0.4) is 0 Å². The molecule has 0 bridgehead atoms. The molecule has 41 heavy (non-hydrogen) atoms. The zero-order valence-electron chi connectivity index (χ0n) is 22.1. The van der Waals surface area contributed by atoms with Gasteiger partial charge in [0.05, 0.1) is 28.9 Å². The molecule has 0 amide bonds. The average Bonchev–Trinajstić information content (AvgIpc) is 3.38. The van der Waals surface area contributed by atoms with E-state index in [2.05, 4.69) is 51.9 Å². The quantitative estimate of drug-likeness (QED) is 0.212. The highest BCUT2D eigenvalue weighted by Gasteiger charge is 2.29. The molecule has 7 rings (SSSR count). The number of rotatable bonds is 4. The summed E-state index contributed by atoms with van der Waals surface area (Å²) in [6.45, 7) is 8.60. The van der Waals surface area contributed by atoms with Crippen LogP contribution in [-0.4, -0.2) is 4.57 Å². The average molecular weight is 522 g/mol. The maximum atomic E-state index is 11.0. The van der Waals surface area contributed by atoms with E-state index in [0.29, 0.717) is 16.9 Å². The highest BCUT2D eigenvalue weighted by Crippen LogP contribution is 2.52. The fourth-order valence-corrected chi connectivity index (χ4v) is 6.00. The van der Waals surface area contributed by atoms with Crippen LogP contribution < -0.4 is 0 Å². The van der Waals surface area contributed by atoms with Crippen molar-refractivity contribution < 1.29 is 0 Å². The van der Waals surface area contributed by atoms with Crippen LogP contribution in [0.1, 0.15) is 5.56 Å². The van der Waals surface area contributed by atoms with E-state index < -0.39 is 0 Å². The molecule has 0 fully saturated rings. The standard InChI is InChI=1S/C38H23N3/c1-40-37-36(28-19-9-4-10-20-28)35(27-17-7-3-8-18-27)34(26-15-5-2-6-16-26)31(25-39)38(37)41-32-23-13-11-21-29(32)30-22-12-14-24-33(30)41/h2-24H. The van der Waals surface area contributed by atoms with Crippen molar-refractivity contribution in [3.05, 3.63) is 157 Å². The Morgan fingerprint density at radius 2 is 0.927 bits per heavy atom. The van der Waals surface area contributed by atoms with E-state index in [1.807, 2.05) is 103 Å². The molecule has 3 nitrogen and oxygen atoms in total. The van der Waals surface area contributed by atoms with Crippen molar-refractivity contribution >= 4 is 27.5 Å². The smallest absolute Gasteiger partial charge is 0.220 e. The van der Waals surface area contributed by atoms with Gasteiger partial charge in [-0.05, 0) is 39.9 Å². The molecule has 1 aromatic heterocycles. The molecular formula is C38H23N3. The monoisotopic (exact) mass is 521 g/mol. The summed E-state index contributed by atoms with van der Waals surface area (Å²) in [5.41, 5.74) is 8.81. The maximum Gasteiger partial charge on any atom is 0.220 e. The second-order valence-corrected chi connectivity index (χ2v) is 9.89. The highest BCUT2D eigenvalue weighted by molar-refractivity contribution is 6.12. The van der Waals surface area contributed by atoms with Gasteiger partial charge in [-0.25, -0.2) is 4.85 Å². The number of fused-ring (bicyclic) bond motifs is 3. The van der Waals surface area contributed by atoms with Crippen LogP contribution >= 0.6 is 0 Å². The van der Waals surface area contributed by atoms with Crippen molar-refractivity contribution in [1.29, 1.82) is 5.26 Å². The molecule has 0 spiro atoms. The summed E-state index contributed by atoms with van der Waals surface area (Å²) < 4.78 is 2.12. The zero-order valence-corrected chi connectivity index (χ0v) is 22.1. The maximum absolute atomic E-state index is 11.0. The van der Waals surface area contributed by atoms with E-state index in [0.717, 1.165) is 55.2 Å². The molecule has 0 aliphatic carbocycles. The lowest BCUT2D eigenvalue weighted by Gasteiger charge is -2.24. The molecule has 1 heterocycles. The van der Waals surface area contributed by atoms with Gasteiger partial charge in [0.2, 0.25) is 5.69 Å². The second kappa shape index (κ2) is 10.0. The molecule has 0 aliphatic rings. The van der Waals surface area contributed by atoms with E-state index in [1.54, 1.807) is 0 Å². The molecule has 6 aromatic carbocycles. The summed E-state index contributed by atoms with van der Waals surface area (Å²) in [7, 11) is 0. The number of hydrogen-bond donors (Lipinski definition) is 0. The van der Waals surface area contributed by atoms with Gasteiger partial charge >= 0.3 is 0 Å². The fraction of sp³-hybridized carbons (Fsp3) is 0. The van der Waals surface area contributed by atoms with Crippen molar-refractivity contribution in [2.45, 2.75) is 0 Å². The molecule has 0 unspecified atom stereocenters. The van der Waals surface area contributed by atoms with Gasteiger partial charge in [-0.1, -0.05) is 127 Å². The van der Waals surface area contributed by atoms with Gasteiger partial charge in [0.15, 0.2) is 0 Å². The first-order valence-corrected chi connectivity index (χ1v) is 13.5. The molecule has 190 valence electrons. The third kappa shape index (κ3) is 3.80. The summed E-state index contributed by atoms with van der Waals surface area (Å²) in [6, 6.07) is 49.3. The predicted octanol–water partition coefficient (Wildman–Crippen LogP) is 10.2. The van der Waals surface area contributed by atoms with Crippen LogP contribution in [0.2, 0.25) is 0 Å². The Kier molecular flexibility index (Phi) is 5.90. The molecule has 3 heteroatoms. The van der Waals surface area contributed by atoms with Crippen molar-refractivity contribution in [1.82, 2.24) is 4.57 Å². The van der Waals surface area contributed by atoms with Gasteiger partial charge in [0.1, 0.15) is 6.07 Å². The van der Waals surface area contributed by atoms with E-state index in [9.17, 15) is 5.26 Å². The Morgan fingerprint density at radius 3 is 1.39 bits per heavy atom. The first kappa shape index (κ1) is 24.2. The van der Waals surface area contributed by atoms with Crippen LogP contribution in [0.5, 0.6) is 0 Å². The van der Waals surface area contributed by atoms with Gasteiger partial charge < -0.3 is 4.57 Å². The molecule has 7 aromatic rings. The second-order valence-electron chi connectivity index (χ2n) is 9.89. The molecular weight excluding hydrogens is 498 g/mol. The van der Waals surface area contributed by atoms with Gasteiger partial charge in [0.25, 0.3) is 0 Å². The Balaban J connectivity index is 1.79. The van der Waals surface area contributed by atoms with Crippen molar-refractivity contribution in [2.24, 2.45) is 0 Å². The van der Waals surface area contributed by atoms with Gasteiger partial charge in [-0.2, -0.15) is 5.26 Å². The molecule has 0 saturated heterocycles. The van der Waals surface area contributed by atoms with E-state index >= 15 is 0 Å². The zero-order chi connectivity index (χ0) is 27.8. The number of hydrogen-bond acceptors (Lipinski definition) is 1. The van der Waals surface area contributed by atoms with Gasteiger partial charge in [-0.15, -0.1) is 0 Å². The molecule has 0 radical (unpaired) electrons. The van der Waals surface area contributed by atoms with Gasteiger partial charge in [0, 0.05) is 16.3 Å². The molecule has 0 saturated carbocycles. The van der Waals surface area contributed by atoms with Crippen LogP contribution in [0.4, 0.5) is 5.69 Å². The summed E-state index contributed by atoms with van der Waals surface area (Å²) in [5.74, 6) is 0. The Bertz CT molecular complexity index is 2010. The van der Waals surface area contributed by atoms with Gasteiger partial charge in [-0.3, -0.25) is 0 Å². The van der Waals surface area contributed by atoms with Crippen molar-refractivity contribution in [3.8, 4) is 45.1 Å². The number of nitriles is 1. The number of nitrogens with zero attached hydrogens (tertiary/aromatic N) is 3. The molecule has 0 N–H and O–H groups in total. The summed E-state index contributed by atoms with van der Waals surface area (Å²) in [6.07, 6.45) is 0. The highest BCUT2D eigenvalue weighted by atomic mass is 15.0. The SMILES string of the molecule is [C-]#[N+]c1c(-c2ccccc2)c(-c2ccccc2)c(-c2ccccc2)c(C#N)c1-n1c2ccccc2c2ccccc21. The third-order valence-corrected chi connectivity index (χ3v) is 7.66. The lowest BCUT2D eigenvalue weighted by molar-refractivity contribution is 1.18. The fourth-order valence-electron chi connectivity index (χ4n) is 6.00. The van der Waals surface area contributed by atoms with Crippen LogP contribution in [0.25, 0.3) is 65.7 Å². The van der Waals surface area contributed by atoms with Crippen LogP contribution in [0.15, 0.2) is 140 Å². The number of benzene rings is 6. The first-order chi connectivity index (χ1) is 20.3. The molecule has 0 aliphatic heterocycles. The first-order valence-electron chi connectivity index (χ1n) is 13.5. The van der Waals surface area contributed by atoms with Crippen LogP contribution in [0, 0.1) is 17.9 Å². The predicted molar refractivity (Wildman–Crippen MR) is 168 cm³/mol. The summed E-state index contributed by atoms with van der Waals surface area (Å²) in [4.78, 5) is 4.22. The van der Waals surface area contributed by atoms with Crippen LogP contribution in [-0.2, 0) is 0 Å². The summed E-state index contributed by atoms with van der Waals surface area (Å²) >= 11 is 0. The lowest BCUT2D eigenvalue weighted by Crippen LogP contribution is -2.04. The van der Waals surface area contributed by atoms with Crippen molar-refractivity contribution in [2.75, 3.05) is 0 Å². The number of aromatic nitrogens is 1. The Morgan fingerprint density at radius 1 is 0.512 bits per heavy atom. The van der Waals surface area contributed by atoms with Crippen molar-refractivity contribution in [3.63, 3.8) is 0 Å². The largest absolute Gasteiger partial charge is 0.318 e. The normalized spacial score (nSPS) is 10.9. The third-order valence-electron chi connectivity index (χ3n) is 7.66. The Labute approximate surface area is 238 Å². The van der Waals surface area contributed by atoms with E-state index in [-0.39, 0.29) is 0 Å². The Hall–Kier alpha value is -5.90. The minimum atomic E-state index is 0.456. The molecule has 0 atom stereocenters. The van der Waals surface area contributed by atoms with E-state index in [4.69, 9.17) is 6.57 Å². The minimum Gasteiger partial charge on any atom is -0.318 e.